The molecule has 0 aliphatic carbocycles. The molecule has 0 radical (unpaired) electrons. The first-order valence-electron chi connectivity index (χ1n) is 7.60. The minimum Gasteiger partial charge on any atom is -0.348 e. The largest absolute Gasteiger partial charge is 0.348 e. The number of hydrogen-bond acceptors (Lipinski definition) is 4. The van der Waals surface area contributed by atoms with E-state index < -0.39 is 0 Å². The number of benzene rings is 1. The number of thioether (sulfide) groups is 1. The van der Waals surface area contributed by atoms with Gasteiger partial charge >= 0.3 is 0 Å². The maximum absolute atomic E-state index is 12.9. The summed E-state index contributed by atoms with van der Waals surface area (Å²) in [6, 6.07) is 6.17. The molecule has 0 fully saturated rings. The van der Waals surface area contributed by atoms with Gasteiger partial charge in [-0.25, -0.2) is 9.37 Å². The van der Waals surface area contributed by atoms with E-state index in [0.29, 0.717) is 11.0 Å². The van der Waals surface area contributed by atoms with Crippen molar-refractivity contribution in [1.29, 1.82) is 0 Å². The molecule has 1 aromatic carbocycles. The predicted octanol–water partition coefficient (Wildman–Crippen LogP) is 3.32. The van der Waals surface area contributed by atoms with E-state index in [9.17, 15) is 9.18 Å². The fourth-order valence-electron chi connectivity index (χ4n) is 1.97. The van der Waals surface area contributed by atoms with Gasteiger partial charge in [-0.2, -0.15) is 0 Å². The highest BCUT2D eigenvalue weighted by molar-refractivity contribution is 8.00. The van der Waals surface area contributed by atoms with E-state index in [2.05, 4.69) is 15.2 Å². The molecule has 5 nitrogen and oxygen atoms in total. The lowest BCUT2D eigenvalue weighted by atomic mass is 10.1. The van der Waals surface area contributed by atoms with E-state index in [0.717, 1.165) is 5.56 Å². The molecular weight excluding hydrogens is 327 g/mol. The number of rotatable bonds is 6. The zero-order valence-electron chi connectivity index (χ0n) is 14.2. The molecule has 0 saturated carbocycles. The first kappa shape index (κ1) is 18.2. The molecule has 0 aliphatic rings. The summed E-state index contributed by atoms with van der Waals surface area (Å²) in [5.74, 6) is 0.530. The van der Waals surface area contributed by atoms with Gasteiger partial charge in [0.2, 0.25) is 11.1 Å². The Bertz CT molecular complexity index is 710. The zero-order valence-corrected chi connectivity index (χ0v) is 15.0. The summed E-state index contributed by atoms with van der Waals surface area (Å²) in [4.78, 5) is 18.2. The minimum absolute atomic E-state index is 0.0446. The number of amides is 1. The quantitative estimate of drug-likeness (QED) is 0.814. The van der Waals surface area contributed by atoms with Gasteiger partial charge in [0.25, 0.3) is 0 Å². The van der Waals surface area contributed by atoms with Crippen LogP contribution in [0.3, 0.4) is 0 Å². The molecule has 24 heavy (non-hydrogen) atoms. The van der Waals surface area contributed by atoms with Crippen LogP contribution in [0.25, 0.3) is 12.2 Å². The van der Waals surface area contributed by atoms with E-state index in [-0.39, 0.29) is 22.9 Å². The number of H-pyrrole nitrogens is 1. The molecule has 0 saturated heterocycles. The number of nitrogens with zero attached hydrogens (tertiary/aromatic N) is 3. The fraction of sp³-hybridized carbons (Fsp3) is 0.353. The maximum atomic E-state index is 12.9. The SMILES string of the molecule is CC(C)[C@H](Sc1n[nH]c(/C=C\c2ccc(F)cc2)n1)C(=O)N(C)C. The molecule has 1 atom stereocenters. The van der Waals surface area contributed by atoms with Crippen LogP contribution in [0.5, 0.6) is 0 Å². The molecule has 2 aromatic rings. The fourth-order valence-corrected chi connectivity index (χ4v) is 3.03. The Morgan fingerprint density at radius 2 is 1.92 bits per heavy atom. The Morgan fingerprint density at radius 3 is 2.50 bits per heavy atom. The van der Waals surface area contributed by atoms with E-state index in [1.807, 2.05) is 19.9 Å². The van der Waals surface area contributed by atoms with Crippen molar-refractivity contribution in [2.24, 2.45) is 5.92 Å². The number of aromatic amines is 1. The van der Waals surface area contributed by atoms with Crippen LogP contribution < -0.4 is 0 Å². The highest BCUT2D eigenvalue weighted by Crippen LogP contribution is 2.26. The van der Waals surface area contributed by atoms with Gasteiger partial charge in [-0.1, -0.05) is 43.8 Å². The van der Waals surface area contributed by atoms with E-state index in [1.165, 1.54) is 23.9 Å². The standard InChI is InChI=1S/C17H21FN4OS/c1-11(2)15(16(23)22(3)4)24-17-19-14(20-21-17)10-7-12-5-8-13(18)9-6-12/h5-11,15H,1-4H3,(H,19,20,21)/b10-7-/t15-/m0/s1. The third-order valence-corrected chi connectivity index (χ3v) is 4.70. The van der Waals surface area contributed by atoms with Crippen molar-refractivity contribution in [2.75, 3.05) is 14.1 Å². The van der Waals surface area contributed by atoms with Crippen LogP contribution in [0.15, 0.2) is 29.4 Å². The van der Waals surface area contributed by atoms with Crippen molar-refractivity contribution in [3.05, 3.63) is 41.5 Å². The smallest absolute Gasteiger partial charge is 0.235 e. The third kappa shape index (κ3) is 4.92. The number of aromatic nitrogens is 3. The Morgan fingerprint density at radius 1 is 1.25 bits per heavy atom. The molecule has 0 spiro atoms. The average molecular weight is 348 g/mol. The van der Waals surface area contributed by atoms with Crippen molar-refractivity contribution in [2.45, 2.75) is 24.3 Å². The summed E-state index contributed by atoms with van der Waals surface area (Å²) < 4.78 is 12.9. The Labute approximate surface area is 145 Å². The van der Waals surface area contributed by atoms with Crippen LogP contribution in [0.2, 0.25) is 0 Å². The molecular formula is C17H21FN4OS. The van der Waals surface area contributed by atoms with Crippen LogP contribution >= 0.6 is 11.8 Å². The molecule has 0 bridgehead atoms. The summed E-state index contributed by atoms with van der Waals surface area (Å²) in [7, 11) is 3.49. The molecule has 0 unspecified atom stereocenters. The molecule has 7 heteroatoms. The second kappa shape index (κ2) is 8.10. The van der Waals surface area contributed by atoms with Crippen molar-refractivity contribution in [1.82, 2.24) is 20.1 Å². The predicted molar refractivity (Wildman–Crippen MR) is 94.9 cm³/mol. The summed E-state index contributed by atoms with van der Waals surface area (Å²) in [6.45, 7) is 4.00. The number of carbonyl (C=O) groups is 1. The molecule has 1 aromatic heterocycles. The lowest BCUT2D eigenvalue weighted by molar-refractivity contribution is -0.128. The summed E-state index contributed by atoms with van der Waals surface area (Å²) in [5, 5.41) is 7.28. The van der Waals surface area contributed by atoms with Crippen molar-refractivity contribution in [3.63, 3.8) is 0 Å². The van der Waals surface area contributed by atoms with Gasteiger partial charge in [-0.3, -0.25) is 9.89 Å². The van der Waals surface area contributed by atoms with Crippen LogP contribution in [-0.4, -0.2) is 45.3 Å². The van der Waals surface area contributed by atoms with Crippen LogP contribution in [0.4, 0.5) is 4.39 Å². The third-order valence-electron chi connectivity index (χ3n) is 3.31. The van der Waals surface area contributed by atoms with Gasteiger partial charge in [0.05, 0.1) is 5.25 Å². The first-order chi connectivity index (χ1) is 11.4. The molecule has 128 valence electrons. The Balaban J connectivity index is 2.06. The van der Waals surface area contributed by atoms with Gasteiger partial charge < -0.3 is 4.90 Å². The first-order valence-corrected chi connectivity index (χ1v) is 8.48. The number of nitrogens with one attached hydrogen (secondary N) is 1. The van der Waals surface area contributed by atoms with E-state index in [4.69, 9.17) is 0 Å². The van der Waals surface area contributed by atoms with Crippen molar-refractivity contribution >= 4 is 29.8 Å². The molecule has 2 rings (SSSR count). The molecule has 1 amide bonds. The lowest BCUT2D eigenvalue weighted by Crippen LogP contribution is -2.34. The topological polar surface area (TPSA) is 61.9 Å². The molecule has 0 aliphatic heterocycles. The van der Waals surface area contributed by atoms with Crippen LogP contribution in [0.1, 0.15) is 25.2 Å². The number of hydrogen-bond donors (Lipinski definition) is 1. The monoisotopic (exact) mass is 348 g/mol. The normalized spacial score (nSPS) is 12.8. The van der Waals surface area contributed by atoms with Gasteiger partial charge in [-0.15, -0.1) is 5.10 Å². The second-order valence-corrected chi connectivity index (χ2v) is 7.01. The second-order valence-electron chi connectivity index (χ2n) is 5.90. The van der Waals surface area contributed by atoms with E-state index >= 15 is 0 Å². The Kier molecular flexibility index (Phi) is 6.14. The highest BCUT2D eigenvalue weighted by Gasteiger charge is 2.26. The van der Waals surface area contributed by atoms with Gasteiger partial charge in [0, 0.05) is 14.1 Å². The van der Waals surface area contributed by atoms with Crippen LogP contribution in [0, 0.1) is 11.7 Å². The minimum atomic E-state index is -0.268. The summed E-state index contributed by atoms with van der Waals surface area (Å²) in [5.41, 5.74) is 0.866. The number of halogens is 1. The summed E-state index contributed by atoms with van der Waals surface area (Å²) in [6.07, 6.45) is 3.59. The lowest BCUT2D eigenvalue weighted by Gasteiger charge is -2.21. The van der Waals surface area contributed by atoms with Crippen molar-refractivity contribution < 1.29 is 9.18 Å². The van der Waals surface area contributed by atoms with E-state index in [1.54, 1.807) is 37.2 Å². The van der Waals surface area contributed by atoms with Gasteiger partial charge in [-0.05, 0) is 29.7 Å². The average Bonchev–Trinajstić information content (AvgIpc) is 2.98. The van der Waals surface area contributed by atoms with Crippen molar-refractivity contribution in [3.8, 4) is 0 Å². The van der Waals surface area contributed by atoms with Gasteiger partial charge in [0.1, 0.15) is 11.6 Å². The van der Waals surface area contributed by atoms with Gasteiger partial charge in [0.15, 0.2) is 0 Å². The zero-order chi connectivity index (χ0) is 17.7. The maximum Gasteiger partial charge on any atom is 0.235 e. The van der Waals surface area contributed by atoms with Crippen LogP contribution in [-0.2, 0) is 4.79 Å². The highest BCUT2D eigenvalue weighted by atomic mass is 32.2. The summed E-state index contributed by atoms with van der Waals surface area (Å²) >= 11 is 1.35. The molecule has 1 heterocycles. The molecule has 1 N–H and O–H groups in total. The number of carbonyl (C=O) groups excluding carboxylic acids is 1. The Hall–Kier alpha value is -2.15.